The fraction of sp³-hybridized carbons (Fsp3) is 0.231. The van der Waals surface area contributed by atoms with E-state index in [0.717, 1.165) is 9.88 Å². The van der Waals surface area contributed by atoms with Gasteiger partial charge in [0.15, 0.2) is 0 Å². The minimum absolute atomic E-state index is 0.155. The number of nitrogens with zero attached hydrogens (tertiary/aromatic N) is 2. The van der Waals surface area contributed by atoms with E-state index in [2.05, 4.69) is 9.71 Å². The van der Waals surface area contributed by atoms with Crippen LogP contribution in [0.5, 0.6) is 0 Å². The number of hydrogen-bond donors (Lipinski definition) is 1. The SMILES string of the molecule is Cc1cnc(CNS(=O)(=O)c2ccc(C#N)c(C)c2)s1. The van der Waals surface area contributed by atoms with Gasteiger partial charge in [0.1, 0.15) is 5.01 Å². The first kappa shape index (κ1) is 14.7. The molecule has 5 nitrogen and oxygen atoms in total. The maximum Gasteiger partial charge on any atom is 0.240 e. The lowest BCUT2D eigenvalue weighted by atomic mass is 10.1. The lowest BCUT2D eigenvalue weighted by Gasteiger charge is -2.06. The van der Waals surface area contributed by atoms with Crippen molar-refractivity contribution in [3.63, 3.8) is 0 Å². The number of aromatic nitrogens is 1. The Morgan fingerprint density at radius 2 is 2.15 bits per heavy atom. The molecule has 1 heterocycles. The first-order chi connectivity index (χ1) is 9.42. The van der Waals surface area contributed by atoms with Crippen LogP contribution in [-0.2, 0) is 16.6 Å². The van der Waals surface area contributed by atoms with Crippen LogP contribution in [0.1, 0.15) is 21.0 Å². The summed E-state index contributed by atoms with van der Waals surface area (Å²) >= 11 is 1.45. The largest absolute Gasteiger partial charge is 0.248 e. The second kappa shape index (κ2) is 5.71. The molecule has 20 heavy (non-hydrogen) atoms. The van der Waals surface area contributed by atoms with E-state index < -0.39 is 10.0 Å². The first-order valence-electron chi connectivity index (χ1n) is 5.84. The second-order valence-corrected chi connectivity index (χ2v) is 7.36. The van der Waals surface area contributed by atoms with Gasteiger partial charge in [0, 0.05) is 11.1 Å². The highest BCUT2D eigenvalue weighted by Gasteiger charge is 2.15. The zero-order chi connectivity index (χ0) is 14.8. The Bertz CT molecular complexity index is 773. The summed E-state index contributed by atoms with van der Waals surface area (Å²) in [6.07, 6.45) is 1.71. The quantitative estimate of drug-likeness (QED) is 0.937. The number of rotatable bonds is 4. The molecule has 0 fully saturated rings. The summed E-state index contributed by atoms with van der Waals surface area (Å²) in [6.45, 7) is 3.79. The maximum atomic E-state index is 12.1. The molecule has 2 aromatic rings. The molecule has 1 aromatic heterocycles. The van der Waals surface area contributed by atoms with Crippen LogP contribution >= 0.6 is 11.3 Å². The molecule has 1 N–H and O–H groups in total. The summed E-state index contributed by atoms with van der Waals surface area (Å²) < 4.78 is 26.8. The van der Waals surface area contributed by atoms with Gasteiger partial charge in [0.2, 0.25) is 10.0 Å². The highest BCUT2D eigenvalue weighted by molar-refractivity contribution is 7.89. The monoisotopic (exact) mass is 307 g/mol. The molecule has 0 bridgehead atoms. The van der Waals surface area contributed by atoms with Crippen molar-refractivity contribution < 1.29 is 8.42 Å². The van der Waals surface area contributed by atoms with Gasteiger partial charge in [-0.2, -0.15) is 5.26 Å². The molecule has 0 atom stereocenters. The Kier molecular flexibility index (Phi) is 4.18. The third-order valence-electron chi connectivity index (χ3n) is 2.71. The predicted molar refractivity (Wildman–Crippen MR) is 76.8 cm³/mol. The first-order valence-corrected chi connectivity index (χ1v) is 8.14. The van der Waals surface area contributed by atoms with Gasteiger partial charge in [0.25, 0.3) is 0 Å². The fourth-order valence-corrected chi connectivity index (χ4v) is 3.54. The van der Waals surface area contributed by atoms with Crippen LogP contribution in [0.2, 0.25) is 0 Å². The van der Waals surface area contributed by atoms with E-state index in [1.165, 1.54) is 29.5 Å². The predicted octanol–water partition coefficient (Wildman–Crippen LogP) is 2.11. The van der Waals surface area contributed by atoms with Crippen molar-refractivity contribution in [1.29, 1.82) is 5.26 Å². The van der Waals surface area contributed by atoms with Crippen molar-refractivity contribution >= 4 is 21.4 Å². The Morgan fingerprint density at radius 1 is 1.40 bits per heavy atom. The van der Waals surface area contributed by atoms with Crippen molar-refractivity contribution in [1.82, 2.24) is 9.71 Å². The standard InChI is InChI=1S/C13H13N3O2S2/c1-9-5-12(4-3-11(9)6-14)20(17,18)16-8-13-15-7-10(2)19-13/h3-5,7,16H,8H2,1-2H3. The van der Waals surface area contributed by atoms with E-state index in [4.69, 9.17) is 5.26 Å². The topological polar surface area (TPSA) is 82.8 Å². The number of benzene rings is 1. The van der Waals surface area contributed by atoms with Gasteiger partial charge < -0.3 is 0 Å². The lowest BCUT2D eigenvalue weighted by Crippen LogP contribution is -2.23. The van der Waals surface area contributed by atoms with Gasteiger partial charge in [-0.3, -0.25) is 0 Å². The number of hydrogen-bond acceptors (Lipinski definition) is 5. The van der Waals surface area contributed by atoms with Crippen LogP contribution in [-0.4, -0.2) is 13.4 Å². The minimum Gasteiger partial charge on any atom is -0.248 e. The average molecular weight is 307 g/mol. The molecule has 0 aliphatic heterocycles. The van der Waals surface area contributed by atoms with Crippen LogP contribution in [0.15, 0.2) is 29.3 Å². The molecule has 0 aliphatic carbocycles. The van der Waals surface area contributed by atoms with Gasteiger partial charge >= 0.3 is 0 Å². The molecule has 104 valence electrons. The Balaban J connectivity index is 2.18. The molecule has 0 amide bonds. The van der Waals surface area contributed by atoms with Crippen molar-refractivity contribution in [3.8, 4) is 6.07 Å². The molecule has 7 heteroatoms. The van der Waals surface area contributed by atoms with Crippen molar-refractivity contribution in [3.05, 3.63) is 45.4 Å². The van der Waals surface area contributed by atoms with E-state index >= 15 is 0 Å². The molecule has 0 spiro atoms. The molecular formula is C13H13N3O2S2. The molecule has 0 saturated carbocycles. The number of thiazole rings is 1. The van der Waals surface area contributed by atoms with Crippen LogP contribution in [0, 0.1) is 25.2 Å². The molecule has 1 aromatic carbocycles. The van der Waals surface area contributed by atoms with Crippen LogP contribution < -0.4 is 4.72 Å². The number of nitrogens with one attached hydrogen (secondary N) is 1. The second-order valence-electron chi connectivity index (χ2n) is 4.28. The van der Waals surface area contributed by atoms with Crippen LogP contribution in [0.4, 0.5) is 0 Å². The minimum atomic E-state index is -3.59. The summed E-state index contributed by atoms with van der Waals surface area (Å²) in [4.78, 5) is 5.30. The molecule has 0 unspecified atom stereocenters. The average Bonchev–Trinajstić information content (AvgIpc) is 2.82. The summed E-state index contributed by atoms with van der Waals surface area (Å²) in [5.74, 6) is 0. The third kappa shape index (κ3) is 3.22. The maximum absolute atomic E-state index is 12.1. The number of sulfonamides is 1. The van der Waals surface area contributed by atoms with Gasteiger partial charge in [-0.15, -0.1) is 11.3 Å². The summed E-state index contributed by atoms with van der Waals surface area (Å²) in [6, 6.07) is 6.45. The smallest absolute Gasteiger partial charge is 0.240 e. The number of nitriles is 1. The normalized spacial score (nSPS) is 11.2. The molecule has 0 saturated heterocycles. The summed E-state index contributed by atoms with van der Waals surface area (Å²) in [5, 5.41) is 9.56. The Morgan fingerprint density at radius 3 is 2.70 bits per heavy atom. The van der Waals surface area contributed by atoms with Crippen LogP contribution in [0.25, 0.3) is 0 Å². The molecule has 2 rings (SSSR count). The summed E-state index contributed by atoms with van der Waals surface area (Å²) in [7, 11) is -3.59. The Hall–Kier alpha value is -1.75. The number of aryl methyl sites for hydroxylation is 2. The highest BCUT2D eigenvalue weighted by Crippen LogP contribution is 2.16. The molecular weight excluding hydrogens is 294 g/mol. The van der Waals surface area contributed by atoms with E-state index in [1.807, 2.05) is 13.0 Å². The highest BCUT2D eigenvalue weighted by atomic mass is 32.2. The van der Waals surface area contributed by atoms with Crippen molar-refractivity contribution in [2.24, 2.45) is 0 Å². The zero-order valence-electron chi connectivity index (χ0n) is 11.0. The van der Waals surface area contributed by atoms with Gasteiger partial charge in [-0.05, 0) is 37.6 Å². The van der Waals surface area contributed by atoms with Crippen molar-refractivity contribution in [2.45, 2.75) is 25.3 Å². The Labute approximate surface area is 122 Å². The summed E-state index contributed by atoms with van der Waals surface area (Å²) in [5.41, 5.74) is 1.11. The van der Waals surface area contributed by atoms with E-state index in [1.54, 1.807) is 13.1 Å². The van der Waals surface area contributed by atoms with E-state index in [9.17, 15) is 8.42 Å². The zero-order valence-corrected chi connectivity index (χ0v) is 12.7. The van der Waals surface area contributed by atoms with Gasteiger partial charge in [-0.25, -0.2) is 18.1 Å². The van der Waals surface area contributed by atoms with Gasteiger partial charge in [0.05, 0.1) is 23.1 Å². The molecule has 0 radical (unpaired) electrons. The van der Waals surface area contributed by atoms with Crippen LogP contribution in [0.3, 0.4) is 0 Å². The third-order valence-corrected chi connectivity index (χ3v) is 5.02. The fourth-order valence-electron chi connectivity index (χ4n) is 1.65. The van der Waals surface area contributed by atoms with Crippen molar-refractivity contribution in [2.75, 3.05) is 0 Å². The van der Waals surface area contributed by atoms with Gasteiger partial charge in [-0.1, -0.05) is 0 Å². The molecule has 0 aliphatic rings. The van der Waals surface area contributed by atoms with E-state index in [0.29, 0.717) is 11.1 Å². The lowest BCUT2D eigenvalue weighted by molar-refractivity contribution is 0.581. The van der Waals surface area contributed by atoms with E-state index in [-0.39, 0.29) is 11.4 Å².